The van der Waals surface area contributed by atoms with E-state index in [1.807, 2.05) is 13.8 Å². The largest absolute Gasteiger partial charge is 0.480 e. The van der Waals surface area contributed by atoms with Crippen LogP contribution in [-0.4, -0.2) is 35.3 Å². The van der Waals surface area contributed by atoms with E-state index in [0.29, 0.717) is 17.8 Å². The van der Waals surface area contributed by atoms with Gasteiger partial charge in [0.25, 0.3) is 0 Å². The molecule has 8 heteroatoms. The monoisotopic (exact) mass is 317 g/mol. The number of hydrogen-bond donors (Lipinski definition) is 2. The van der Waals surface area contributed by atoms with Gasteiger partial charge in [-0.2, -0.15) is 5.10 Å². The first-order valence-corrected chi connectivity index (χ1v) is 8.49. The lowest BCUT2D eigenvalue weighted by molar-refractivity contribution is -0.137. The third-order valence-electron chi connectivity index (χ3n) is 3.32. The number of sulfonamides is 1. The minimum Gasteiger partial charge on any atom is -0.480 e. The van der Waals surface area contributed by atoms with Crippen LogP contribution in [0.3, 0.4) is 0 Å². The third kappa shape index (κ3) is 4.28. The number of aryl methyl sites for hydroxylation is 1. The molecule has 1 rings (SSSR count). The molecule has 0 spiro atoms. The summed E-state index contributed by atoms with van der Waals surface area (Å²) in [4.78, 5) is 10.9. The lowest BCUT2D eigenvalue weighted by Crippen LogP contribution is -2.34. The van der Waals surface area contributed by atoms with Crippen molar-refractivity contribution in [3.05, 3.63) is 11.4 Å². The van der Waals surface area contributed by atoms with Crippen LogP contribution in [0.1, 0.15) is 44.5 Å². The van der Waals surface area contributed by atoms with Crippen LogP contribution in [0.2, 0.25) is 0 Å². The van der Waals surface area contributed by atoms with Crippen LogP contribution in [0.5, 0.6) is 0 Å². The molecule has 1 aromatic rings. The van der Waals surface area contributed by atoms with Crippen LogP contribution in [-0.2, 0) is 21.4 Å². The van der Waals surface area contributed by atoms with Crippen LogP contribution >= 0.6 is 0 Å². The van der Waals surface area contributed by atoms with E-state index < -0.39 is 16.0 Å². The molecular formula is C13H23N3O4S. The molecule has 0 fully saturated rings. The van der Waals surface area contributed by atoms with Gasteiger partial charge >= 0.3 is 5.97 Å². The fraction of sp³-hybridized carbons (Fsp3) is 0.692. The van der Waals surface area contributed by atoms with Gasteiger partial charge in [0.15, 0.2) is 0 Å². The van der Waals surface area contributed by atoms with Gasteiger partial charge in [-0.1, -0.05) is 20.3 Å². The Balaban J connectivity index is 3.14. The van der Waals surface area contributed by atoms with Crippen LogP contribution in [0.15, 0.2) is 4.90 Å². The quantitative estimate of drug-likeness (QED) is 0.755. The van der Waals surface area contributed by atoms with Crippen LogP contribution in [0, 0.1) is 13.8 Å². The number of nitrogens with zero attached hydrogens (tertiary/aromatic N) is 2. The summed E-state index contributed by atoms with van der Waals surface area (Å²) in [6.45, 7) is 6.71. The van der Waals surface area contributed by atoms with Crippen molar-refractivity contribution in [3.8, 4) is 0 Å². The Kier molecular flexibility index (Phi) is 5.91. The number of hydrogen-bond acceptors (Lipinski definition) is 4. The minimum absolute atomic E-state index is 0.0818. The summed E-state index contributed by atoms with van der Waals surface area (Å²) in [5.74, 6) is -1.06. The van der Waals surface area contributed by atoms with Gasteiger partial charge in [-0.3, -0.25) is 9.48 Å². The number of carbonyl (C=O) groups is 1. The van der Waals surface area contributed by atoms with Crippen molar-refractivity contribution in [2.45, 2.75) is 64.4 Å². The van der Waals surface area contributed by atoms with Crippen molar-refractivity contribution >= 4 is 16.0 Å². The number of aliphatic carboxylic acids is 1. The molecule has 0 aromatic carbocycles. The topological polar surface area (TPSA) is 101 Å². The Morgan fingerprint density at radius 3 is 2.48 bits per heavy atom. The second kappa shape index (κ2) is 7.04. The maximum atomic E-state index is 12.5. The highest BCUT2D eigenvalue weighted by Crippen LogP contribution is 2.20. The lowest BCUT2D eigenvalue weighted by atomic mass is 10.1. The molecule has 1 aromatic heterocycles. The molecule has 1 heterocycles. The zero-order valence-electron chi connectivity index (χ0n) is 12.9. The molecule has 0 aliphatic rings. The van der Waals surface area contributed by atoms with Gasteiger partial charge in [0.05, 0.1) is 11.4 Å². The van der Waals surface area contributed by atoms with Gasteiger partial charge in [0.1, 0.15) is 11.4 Å². The molecule has 0 aliphatic heterocycles. The van der Waals surface area contributed by atoms with Crippen molar-refractivity contribution in [2.24, 2.45) is 0 Å². The Labute approximate surface area is 125 Å². The first-order valence-electron chi connectivity index (χ1n) is 7.01. The van der Waals surface area contributed by atoms with Crippen molar-refractivity contribution in [1.82, 2.24) is 14.5 Å². The molecule has 1 unspecified atom stereocenters. The number of carboxylic acids is 1. The maximum Gasteiger partial charge on any atom is 0.325 e. The van der Waals surface area contributed by atoms with Crippen molar-refractivity contribution < 1.29 is 18.3 Å². The van der Waals surface area contributed by atoms with Gasteiger partial charge in [-0.15, -0.1) is 0 Å². The molecule has 0 saturated heterocycles. The summed E-state index contributed by atoms with van der Waals surface area (Å²) < 4.78 is 28.9. The summed E-state index contributed by atoms with van der Waals surface area (Å²) >= 11 is 0. The van der Waals surface area contributed by atoms with E-state index in [-0.39, 0.29) is 17.5 Å². The molecule has 7 nitrogen and oxygen atoms in total. The number of carboxylic acid groups (broad SMARTS) is 1. The molecule has 1 atom stereocenters. The Bertz CT molecular complexity index is 607. The van der Waals surface area contributed by atoms with E-state index in [9.17, 15) is 13.2 Å². The van der Waals surface area contributed by atoms with Gasteiger partial charge in [0, 0.05) is 6.04 Å². The molecule has 0 bridgehead atoms. The molecule has 2 N–H and O–H groups in total. The average molecular weight is 317 g/mol. The highest BCUT2D eigenvalue weighted by atomic mass is 32.2. The van der Waals surface area contributed by atoms with Crippen LogP contribution < -0.4 is 4.72 Å². The Morgan fingerprint density at radius 1 is 1.38 bits per heavy atom. The van der Waals surface area contributed by atoms with Gasteiger partial charge in [-0.25, -0.2) is 13.1 Å². The van der Waals surface area contributed by atoms with Crippen LogP contribution in [0.25, 0.3) is 0 Å². The molecule has 0 saturated carbocycles. The second-order valence-corrected chi connectivity index (χ2v) is 6.72. The fourth-order valence-corrected chi connectivity index (χ4v) is 4.09. The number of rotatable bonds is 8. The highest BCUT2D eigenvalue weighted by molar-refractivity contribution is 7.89. The van der Waals surface area contributed by atoms with Gasteiger partial charge in [0.2, 0.25) is 10.0 Å². The normalized spacial score (nSPS) is 13.3. The minimum atomic E-state index is -3.70. The predicted molar refractivity (Wildman–Crippen MR) is 78.6 cm³/mol. The Hall–Kier alpha value is -1.41. The van der Waals surface area contributed by atoms with E-state index in [2.05, 4.69) is 9.82 Å². The zero-order valence-corrected chi connectivity index (χ0v) is 13.7. The molecule has 0 amide bonds. The van der Waals surface area contributed by atoms with Crippen molar-refractivity contribution in [3.63, 3.8) is 0 Å². The lowest BCUT2D eigenvalue weighted by Gasteiger charge is -2.16. The Morgan fingerprint density at radius 2 is 2.00 bits per heavy atom. The van der Waals surface area contributed by atoms with Gasteiger partial charge < -0.3 is 5.11 Å². The summed E-state index contributed by atoms with van der Waals surface area (Å²) in [7, 11) is -3.70. The van der Waals surface area contributed by atoms with E-state index >= 15 is 0 Å². The van der Waals surface area contributed by atoms with Crippen molar-refractivity contribution in [2.75, 3.05) is 0 Å². The summed E-state index contributed by atoms with van der Waals surface area (Å²) in [6.07, 6.45) is 2.35. The molecule has 0 aliphatic carbocycles. The third-order valence-corrected chi connectivity index (χ3v) is 5.09. The van der Waals surface area contributed by atoms with Crippen LogP contribution in [0.4, 0.5) is 0 Å². The summed E-state index contributed by atoms with van der Waals surface area (Å²) in [5.41, 5.74) is 0.654. The maximum absolute atomic E-state index is 12.5. The standard InChI is InChI=1S/C13H23N3O4S/c1-5-7-11(6-2)15-21(19,20)13-9(3)14-16(10(13)4)8-12(17)18/h11,15H,5-8H2,1-4H3,(H,17,18). The summed E-state index contributed by atoms with van der Waals surface area (Å²) in [6, 6.07) is -0.123. The van der Waals surface area contributed by atoms with E-state index in [4.69, 9.17) is 5.11 Å². The first kappa shape index (κ1) is 17.6. The number of aromatic nitrogens is 2. The van der Waals surface area contributed by atoms with E-state index in [1.54, 1.807) is 13.8 Å². The van der Waals surface area contributed by atoms with E-state index in [0.717, 1.165) is 12.8 Å². The SMILES string of the molecule is CCCC(CC)NS(=O)(=O)c1c(C)nn(CC(=O)O)c1C. The molecular weight excluding hydrogens is 294 g/mol. The average Bonchev–Trinajstić information content (AvgIpc) is 2.63. The summed E-state index contributed by atoms with van der Waals surface area (Å²) in [5, 5.41) is 12.8. The smallest absolute Gasteiger partial charge is 0.325 e. The molecule has 120 valence electrons. The van der Waals surface area contributed by atoms with E-state index in [1.165, 1.54) is 4.68 Å². The first-order chi connectivity index (χ1) is 9.72. The molecule has 0 radical (unpaired) electrons. The molecule has 21 heavy (non-hydrogen) atoms. The zero-order chi connectivity index (χ0) is 16.2. The second-order valence-electron chi connectivity index (χ2n) is 5.07. The predicted octanol–water partition coefficient (Wildman–Crippen LogP) is 1.44. The van der Waals surface area contributed by atoms with Gasteiger partial charge in [-0.05, 0) is 26.7 Å². The van der Waals surface area contributed by atoms with Crippen molar-refractivity contribution in [1.29, 1.82) is 0 Å². The number of nitrogens with one attached hydrogen (secondary N) is 1. The highest BCUT2D eigenvalue weighted by Gasteiger charge is 2.27. The fourth-order valence-electron chi connectivity index (χ4n) is 2.32.